The van der Waals surface area contributed by atoms with Crippen LogP contribution in [0.4, 0.5) is 4.39 Å². The fraction of sp³-hybridized carbons (Fsp3) is 0.188. The lowest BCUT2D eigenvalue weighted by molar-refractivity contribution is 0.103. The summed E-state index contributed by atoms with van der Waals surface area (Å²) >= 11 is 0. The summed E-state index contributed by atoms with van der Waals surface area (Å²) in [4.78, 5) is 12.5. The van der Waals surface area contributed by atoms with Gasteiger partial charge in [-0.15, -0.1) is 0 Å². The Labute approximate surface area is 122 Å². The number of benzene rings is 2. The van der Waals surface area contributed by atoms with Gasteiger partial charge in [0.2, 0.25) is 0 Å². The van der Waals surface area contributed by atoms with Crippen molar-refractivity contribution < 1.29 is 23.4 Å². The van der Waals surface area contributed by atoms with Crippen molar-refractivity contribution in [3.63, 3.8) is 0 Å². The molecular formula is C16H15FO4. The Morgan fingerprint density at radius 3 is 2.14 bits per heavy atom. The number of carbonyl (C=O) groups is 1. The average molecular weight is 290 g/mol. The molecule has 0 bridgehead atoms. The van der Waals surface area contributed by atoms with Crippen LogP contribution in [0.3, 0.4) is 0 Å². The molecule has 0 unspecified atom stereocenters. The molecule has 0 aliphatic carbocycles. The van der Waals surface area contributed by atoms with Crippen LogP contribution in [0.25, 0.3) is 0 Å². The maximum atomic E-state index is 13.7. The first-order chi connectivity index (χ1) is 10.1. The number of ether oxygens (including phenoxy) is 3. The first-order valence-electron chi connectivity index (χ1n) is 6.21. The van der Waals surface area contributed by atoms with Crippen LogP contribution in [0.2, 0.25) is 0 Å². The number of halogens is 1. The SMILES string of the molecule is COc1ccc(OC)c(C(=O)c2ccc(OC)c(F)c2)c1. The van der Waals surface area contributed by atoms with Gasteiger partial charge in [0.15, 0.2) is 17.3 Å². The highest BCUT2D eigenvalue weighted by Gasteiger charge is 2.17. The molecule has 0 fully saturated rings. The van der Waals surface area contributed by atoms with Crippen molar-refractivity contribution in [3.8, 4) is 17.2 Å². The molecule has 0 aliphatic rings. The van der Waals surface area contributed by atoms with E-state index in [0.717, 1.165) is 6.07 Å². The van der Waals surface area contributed by atoms with Crippen molar-refractivity contribution in [2.24, 2.45) is 0 Å². The van der Waals surface area contributed by atoms with Crippen LogP contribution in [0.1, 0.15) is 15.9 Å². The molecule has 110 valence electrons. The lowest BCUT2D eigenvalue weighted by Gasteiger charge is -2.10. The number of hydrogen-bond donors (Lipinski definition) is 0. The molecule has 0 aliphatic heterocycles. The second-order valence-electron chi connectivity index (χ2n) is 4.24. The molecule has 2 aromatic rings. The highest BCUT2D eigenvalue weighted by Crippen LogP contribution is 2.27. The van der Waals surface area contributed by atoms with Crippen molar-refractivity contribution >= 4 is 5.78 Å². The monoisotopic (exact) mass is 290 g/mol. The van der Waals surface area contributed by atoms with Crippen LogP contribution in [-0.4, -0.2) is 27.1 Å². The summed E-state index contributed by atoms with van der Waals surface area (Å²) < 4.78 is 28.8. The number of rotatable bonds is 5. The Morgan fingerprint density at radius 2 is 1.57 bits per heavy atom. The summed E-state index contributed by atoms with van der Waals surface area (Å²) in [5, 5.41) is 0. The highest BCUT2D eigenvalue weighted by atomic mass is 19.1. The van der Waals surface area contributed by atoms with Crippen molar-refractivity contribution in [2.75, 3.05) is 21.3 Å². The highest BCUT2D eigenvalue weighted by molar-refractivity contribution is 6.11. The Hall–Kier alpha value is -2.56. The van der Waals surface area contributed by atoms with E-state index in [1.165, 1.54) is 33.5 Å². The van der Waals surface area contributed by atoms with Gasteiger partial charge in [-0.1, -0.05) is 0 Å². The molecule has 0 saturated heterocycles. The zero-order valence-electron chi connectivity index (χ0n) is 12.0. The third-order valence-electron chi connectivity index (χ3n) is 3.07. The number of methoxy groups -OCH3 is 3. The van der Waals surface area contributed by atoms with Gasteiger partial charge in [0.1, 0.15) is 11.5 Å². The van der Waals surface area contributed by atoms with E-state index in [-0.39, 0.29) is 17.1 Å². The van der Waals surface area contributed by atoms with E-state index >= 15 is 0 Å². The second kappa shape index (κ2) is 6.26. The van der Waals surface area contributed by atoms with Crippen LogP contribution in [-0.2, 0) is 0 Å². The predicted molar refractivity (Wildman–Crippen MR) is 75.9 cm³/mol. The third-order valence-corrected chi connectivity index (χ3v) is 3.07. The van der Waals surface area contributed by atoms with Crippen LogP contribution >= 0.6 is 0 Å². The standard InChI is InChI=1S/C16H15FO4/c1-19-11-5-7-14(20-2)12(9-11)16(18)10-4-6-15(21-3)13(17)8-10/h4-9H,1-3H3. The van der Waals surface area contributed by atoms with Gasteiger partial charge in [-0.05, 0) is 36.4 Å². The maximum absolute atomic E-state index is 13.7. The molecule has 0 amide bonds. The van der Waals surface area contributed by atoms with Gasteiger partial charge in [0.05, 0.1) is 26.9 Å². The van der Waals surface area contributed by atoms with Gasteiger partial charge >= 0.3 is 0 Å². The number of hydrogen-bond acceptors (Lipinski definition) is 4. The molecule has 0 heterocycles. The fourth-order valence-electron chi connectivity index (χ4n) is 1.95. The summed E-state index contributed by atoms with van der Waals surface area (Å²) in [6, 6.07) is 8.93. The molecule has 2 rings (SSSR count). The topological polar surface area (TPSA) is 44.8 Å². The van der Waals surface area contributed by atoms with Crippen molar-refractivity contribution in [1.29, 1.82) is 0 Å². The molecule has 21 heavy (non-hydrogen) atoms. The summed E-state index contributed by atoms with van der Waals surface area (Å²) in [7, 11) is 4.33. The van der Waals surface area contributed by atoms with Gasteiger partial charge < -0.3 is 14.2 Å². The first kappa shape index (κ1) is 14.8. The van der Waals surface area contributed by atoms with E-state index in [0.29, 0.717) is 17.1 Å². The normalized spacial score (nSPS) is 10.1. The zero-order chi connectivity index (χ0) is 15.4. The van der Waals surface area contributed by atoms with Gasteiger partial charge in [-0.25, -0.2) is 4.39 Å². The van der Waals surface area contributed by atoms with Crippen LogP contribution in [0.15, 0.2) is 36.4 Å². The smallest absolute Gasteiger partial charge is 0.196 e. The molecular weight excluding hydrogens is 275 g/mol. The van der Waals surface area contributed by atoms with Gasteiger partial charge in [-0.2, -0.15) is 0 Å². The molecule has 0 saturated carbocycles. The summed E-state index contributed by atoms with van der Waals surface area (Å²) in [6.45, 7) is 0. The van der Waals surface area contributed by atoms with Gasteiger partial charge in [0, 0.05) is 5.56 Å². The number of carbonyl (C=O) groups excluding carboxylic acids is 1. The van der Waals surface area contributed by atoms with E-state index in [1.54, 1.807) is 18.2 Å². The lowest BCUT2D eigenvalue weighted by Crippen LogP contribution is -2.05. The fourth-order valence-corrected chi connectivity index (χ4v) is 1.95. The van der Waals surface area contributed by atoms with Gasteiger partial charge in [-0.3, -0.25) is 4.79 Å². The molecule has 0 spiro atoms. The Morgan fingerprint density at radius 1 is 0.905 bits per heavy atom. The van der Waals surface area contributed by atoms with Crippen molar-refractivity contribution in [1.82, 2.24) is 0 Å². The molecule has 0 N–H and O–H groups in total. The largest absolute Gasteiger partial charge is 0.497 e. The van der Waals surface area contributed by atoms with Crippen LogP contribution in [0.5, 0.6) is 17.2 Å². The summed E-state index contributed by atoms with van der Waals surface area (Å²) in [6.07, 6.45) is 0. The summed E-state index contributed by atoms with van der Waals surface area (Å²) in [5.74, 6) is 0.0619. The van der Waals surface area contributed by atoms with E-state index in [1.807, 2.05) is 0 Å². The molecule has 0 aromatic heterocycles. The van der Waals surface area contributed by atoms with E-state index < -0.39 is 5.82 Å². The van der Waals surface area contributed by atoms with E-state index in [9.17, 15) is 9.18 Å². The van der Waals surface area contributed by atoms with Crippen LogP contribution < -0.4 is 14.2 Å². The Kier molecular flexibility index (Phi) is 4.42. The number of ketones is 1. The van der Waals surface area contributed by atoms with Gasteiger partial charge in [0.25, 0.3) is 0 Å². The van der Waals surface area contributed by atoms with Crippen molar-refractivity contribution in [3.05, 3.63) is 53.3 Å². The predicted octanol–water partition coefficient (Wildman–Crippen LogP) is 3.08. The zero-order valence-corrected chi connectivity index (χ0v) is 12.0. The van der Waals surface area contributed by atoms with Crippen LogP contribution in [0, 0.1) is 5.82 Å². The summed E-state index contributed by atoms with van der Waals surface area (Å²) in [5.41, 5.74) is 0.515. The quantitative estimate of drug-likeness (QED) is 0.794. The minimum Gasteiger partial charge on any atom is -0.497 e. The molecule has 5 heteroatoms. The second-order valence-corrected chi connectivity index (χ2v) is 4.24. The third kappa shape index (κ3) is 2.97. The molecule has 4 nitrogen and oxygen atoms in total. The van der Waals surface area contributed by atoms with E-state index in [4.69, 9.17) is 14.2 Å². The minimum absolute atomic E-state index is 0.0872. The van der Waals surface area contributed by atoms with Crippen molar-refractivity contribution in [2.45, 2.75) is 0 Å². The molecule has 0 atom stereocenters. The van der Waals surface area contributed by atoms with E-state index in [2.05, 4.69) is 0 Å². The molecule has 0 radical (unpaired) electrons. The Balaban J connectivity index is 2.46. The minimum atomic E-state index is -0.592. The maximum Gasteiger partial charge on any atom is 0.196 e. The Bertz CT molecular complexity index is 667. The lowest BCUT2D eigenvalue weighted by atomic mass is 10.0. The first-order valence-corrected chi connectivity index (χ1v) is 6.21. The molecule has 2 aromatic carbocycles. The average Bonchev–Trinajstić information content (AvgIpc) is 2.53.